The maximum atomic E-state index is 13.2. The Morgan fingerprint density at radius 1 is 1.05 bits per heavy atom. The lowest BCUT2D eigenvalue weighted by molar-refractivity contribution is 0.215. The van der Waals surface area contributed by atoms with Crippen molar-refractivity contribution in [3.05, 3.63) is 59.9 Å². The molecular weight excluding hydrogens is 257 g/mol. The van der Waals surface area contributed by atoms with Crippen LogP contribution in [0.3, 0.4) is 0 Å². The van der Waals surface area contributed by atoms with Crippen LogP contribution in [0, 0.1) is 5.82 Å². The molecule has 4 heteroatoms. The minimum atomic E-state index is -0.315. The third-order valence-electron chi connectivity index (χ3n) is 2.82. The smallest absolute Gasteiger partial charge is 0.124 e. The van der Waals surface area contributed by atoms with Crippen LogP contribution in [-0.2, 0) is 0 Å². The zero-order chi connectivity index (χ0) is 14.4. The third-order valence-corrected chi connectivity index (χ3v) is 2.82. The number of hydrogen-bond acceptors (Lipinski definition) is 3. The predicted molar refractivity (Wildman–Crippen MR) is 76.4 cm³/mol. The second kappa shape index (κ2) is 6.91. The van der Waals surface area contributed by atoms with Crippen LogP contribution in [0.2, 0.25) is 0 Å². The van der Waals surface area contributed by atoms with Gasteiger partial charge in [-0.1, -0.05) is 18.2 Å². The molecule has 2 aromatic rings. The van der Waals surface area contributed by atoms with Gasteiger partial charge in [0.05, 0.1) is 0 Å². The Bertz CT molecular complexity index is 543. The van der Waals surface area contributed by atoms with Gasteiger partial charge in [0.2, 0.25) is 0 Å². The summed E-state index contributed by atoms with van der Waals surface area (Å²) in [6.45, 7) is 2.59. The molecule has 20 heavy (non-hydrogen) atoms. The molecule has 0 aliphatic rings. The topological polar surface area (TPSA) is 44.5 Å². The lowest BCUT2D eigenvalue weighted by atomic mass is 10.1. The summed E-state index contributed by atoms with van der Waals surface area (Å²) in [7, 11) is 0. The van der Waals surface area contributed by atoms with E-state index in [0.717, 1.165) is 5.75 Å². The Kier molecular flexibility index (Phi) is 4.96. The average Bonchev–Trinajstić information content (AvgIpc) is 2.45. The second-order valence-corrected chi connectivity index (χ2v) is 4.48. The third kappa shape index (κ3) is 3.96. The van der Waals surface area contributed by atoms with Crippen LogP contribution in [0.4, 0.5) is 4.39 Å². The molecule has 0 bridgehead atoms. The van der Waals surface area contributed by atoms with Crippen LogP contribution in [0.5, 0.6) is 11.5 Å². The van der Waals surface area contributed by atoms with Crippen molar-refractivity contribution in [1.82, 2.24) is 0 Å². The summed E-state index contributed by atoms with van der Waals surface area (Å²) >= 11 is 0. The Morgan fingerprint density at radius 3 is 2.45 bits per heavy atom. The maximum absolute atomic E-state index is 13.2. The number of rotatable bonds is 6. The van der Waals surface area contributed by atoms with E-state index in [2.05, 4.69) is 0 Å². The van der Waals surface area contributed by atoms with E-state index >= 15 is 0 Å². The van der Waals surface area contributed by atoms with E-state index in [1.54, 1.807) is 13.0 Å². The molecule has 106 valence electrons. The predicted octanol–water partition coefficient (Wildman–Crippen LogP) is 3.30. The first kappa shape index (κ1) is 14.3. The molecule has 1 atom stereocenters. The van der Waals surface area contributed by atoms with Crippen molar-refractivity contribution in [2.75, 3.05) is 13.2 Å². The molecule has 0 aliphatic heterocycles. The molecule has 2 N–H and O–H groups in total. The van der Waals surface area contributed by atoms with E-state index in [1.165, 1.54) is 12.1 Å². The van der Waals surface area contributed by atoms with Crippen molar-refractivity contribution in [2.24, 2.45) is 5.73 Å². The zero-order valence-corrected chi connectivity index (χ0v) is 11.4. The minimum Gasteiger partial charge on any atom is -0.490 e. The second-order valence-electron chi connectivity index (χ2n) is 4.48. The number of halogens is 1. The van der Waals surface area contributed by atoms with E-state index in [-0.39, 0.29) is 11.9 Å². The van der Waals surface area contributed by atoms with Gasteiger partial charge in [-0.2, -0.15) is 0 Å². The van der Waals surface area contributed by atoms with E-state index in [4.69, 9.17) is 15.2 Å². The van der Waals surface area contributed by atoms with E-state index < -0.39 is 0 Å². The first-order valence-corrected chi connectivity index (χ1v) is 6.52. The van der Waals surface area contributed by atoms with Crippen LogP contribution >= 0.6 is 0 Å². The highest BCUT2D eigenvalue weighted by Crippen LogP contribution is 2.24. The molecule has 0 fully saturated rings. The summed E-state index contributed by atoms with van der Waals surface area (Å²) in [4.78, 5) is 0. The van der Waals surface area contributed by atoms with Gasteiger partial charge in [-0.05, 0) is 37.3 Å². The molecule has 0 spiro atoms. The Morgan fingerprint density at radius 2 is 1.75 bits per heavy atom. The first-order valence-electron chi connectivity index (χ1n) is 6.52. The van der Waals surface area contributed by atoms with Crippen molar-refractivity contribution in [2.45, 2.75) is 13.0 Å². The summed E-state index contributed by atoms with van der Waals surface area (Å²) in [5.74, 6) is 1.07. The van der Waals surface area contributed by atoms with Crippen LogP contribution in [0.1, 0.15) is 18.5 Å². The highest BCUT2D eigenvalue weighted by Gasteiger charge is 2.09. The summed E-state index contributed by atoms with van der Waals surface area (Å²) in [5, 5.41) is 0. The molecule has 0 heterocycles. The molecule has 0 radical (unpaired) electrons. The van der Waals surface area contributed by atoms with Gasteiger partial charge in [-0.15, -0.1) is 0 Å². The highest BCUT2D eigenvalue weighted by molar-refractivity contribution is 5.36. The highest BCUT2D eigenvalue weighted by atomic mass is 19.1. The van der Waals surface area contributed by atoms with Crippen LogP contribution in [0.25, 0.3) is 0 Å². The van der Waals surface area contributed by atoms with E-state index in [9.17, 15) is 4.39 Å². The van der Waals surface area contributed by atoms with Crippen molar-refractivity contribution in [3.8, 4) is 11.5 Å². The van der Waals surface area contributed by atoms with Crippen molar-refractivity contribution >= 4 is 0 Å². The van der Waals surface area contributed by atoms with Gasteiger partial charge in [0, 0.05) is 11.6 Å². The SMILES string of the molecule is C[C@H](N)c1cc(F)ccc1OCCOc1ccccc1. The van der Waals surface area contributed by atoms with Crippen molar-refractivity contribution < 1.29 is 13.9 Å². The van der Waals surface area contributed by atoms with Gasteiger partial charge in [-0.3, -0.25) is 0 Å². The molecule has 0 amide bonds. The van der Waals surface area contributed by atoms with Crippen molar-refractivity contribution in [1.29, 1.82) is 0 Å². The molecule has 0 saturated heterocycles. The quantitative estimate of drug-likeness (QED) is 0.823. The van der Waals surface area contributed by atoms with Gasteiger partial charge in [0.1, 0.15) is 30.5 Å². The molecule has 3 nitrogen and oxygen atoms in total. The number of ether oxygens (including phenoxy) is 2. The Labute approximate surface area is 118 Å². The number of benzene rings is 2. The number of hydrogen-bond donors (Lipinski definition) is 1. The van der Waals surface area contributed by atoms with Gasteiger partial charge < -0.3 is 15.2 Å². The fourth-order valence-electron chi connectivity index (χ4n) is 1.83. The lowest BCUT2D eigenvalue weighted by Crippen LogP contribution is -2.13. The molecule has 0 aromatic heterocycles. The summed E-state index contributed by atoms with van der Waals surface area (Å²) in [6, 6.07) is 13.6. The fourth-order valence-corrected chi connectivity index (χ4v) is 1.83. The largest absolute Gasteiger partial charge is 0.490 e. The molecule has 0 saturated carbocycles. The number of para-hydroxylation sites is 1. The van der Waals surface area contributed by atoms with Gasteiger partial charge in [0.25, 0.3) is 0 Å². The molecule has 2 aromatic carbocycles. The Balaban J connectivity index is 1.88. The van der Waals surface area contributed by atoms with Crippen molar-refractivity contribution in [3.63, 3.8) is 0 Å². The first-order chi connectivity index (χ1) is 9.66. The maximum Gasteiger partial charge on any atom is 0.124 e. The van der Waals surface area contributed by atoms with Crippen LogP contribution in [-0.4, -0.2) is 13.2 Å². The van der Waals surface area contributed by atoms with Crippen LogP contribution < -0.4 is 15.2 Å². The fraction of sp³-hybridized carbons (Fsp3) is 0.250. The molecule has 2 rings (SSSR count). The normalized spacial score (nSPS) is 11.9. The molecular formula is C16H18FNO2. The number of nitrogens with two attached hydrogens (primary N) is 1. The monoisotopic (exact) mass is 275 g/mol. The van der Waals surface area contributed by atoms with Gasteiger partial charge >= 0.3 is 0 Å². The Hall–Kier alpha value is -2.07. The average molecular weight is 275 g/mol. The molecule has 0 unspecified atom stereocenters. The summed E-state index contributed by atoms with van der Waals surface area (Å²) < 4.78 is 24.3. The van der Waals surface area contributed by atoms with E-state index in [1.807, 2.05) is 30.3 Å². The summed E-state index contributed by atoms with van der Waals surface area (Å²) in [5.41, 5.74) is 6.46. The lowest BCUT2D eigenvalue weighted by Gasteiger charge is -2.14. The zero-order valence-electron chi connectivity index (χ0n) is 11.4. The van der Waals surface area contributed by atoms with Gasteiger partial charge in [0.15, 0.2) is 0 Å². The summed E-state index contributed by atoms with van der Waals surface area (Å²) in [6.07, 6.45) is 0. The van der Waals surface area contributed by atoms with Gasteiger partial charge in [-0.25, -0.2) is 4.39 Å². The molecule has 0 aliphatic carbocycles. The standard InChI is InChI=1S/C16H18FNO2/c1-12(18)15-11-13(17)7-8-16(15)20-10-9-19-14-5-3-2-4-6-14/h2-8,11-12H,9-10,18H2,1H3/t12-/m0/s1. The minimum absolute atomic E-state index is 0.282. The van der Waals surface area contributed by atoms with Crippen LogP contribution in [0.15, 0.2) is 48.5 Å². The van der Waals surface area contributed by atoms with E-state index in [0.29, 0.717) is 24.5 Å².